The average molecular weight is 339 g/mol. The van der Waals surface area contributed by atoms with E-state index < -0.39 is 0 Å². The van der Waals surface area contributed by atoms with Crippen LogP contribution in [0.2, 0.25) is 0 Å². The molecule has 3 rings (SSSR count). The molecule has 2 aliphatic heterocycles. The maximum atomic E-state index is 6.06. The summed E-state index contributed by atoms with van der Waals surface area (Å²) in [5.74, 6) is 0. The number of fused-ring (bicyclic) bond motifs is 1. The van der Waals surface area contributed by atoms with Gasteiger partial charge in [0.1, 0.15) is 0 Å². The Balaban J connectivity index is 1.66. The monoisotopic (exact) mass is 338 g/mol. The molecule has 0 aromatic rings. The molecule has 0 aromatic heterocycles. The first-order chi connectivity index (χ1) is 10.9. The zero-order chi connectivity index (χ0) is 17.9. The maximum absolute atomic E-state index is 6.06. The first-order valence-corrected chi connectivity index (χ1v) is 9.62. The Morgan fingerprint density at radius 1 is 1.00 bits per heavy atom. The van der Waals surface area contributed by atoms with Crippen LogP contribution in [-0.2, 0) is 9.47 Å². The van der Waals surface area contributed by atoms with Gasteiger partial charge in [-0.1, -0.05) is 20.8 Å². The number of nitrogens with zero attached hydrogens (tertiary/aromatic N) is 2. The molecule has 0 bridgehead atoms. The van der Waals surface area contributed by atoms with Gasteiger partial charge < -0.3 is 14.4 Å². The second-order valence-corrected chi connectivity index (χ2v) is 10.7. The van der Waals surface area contributed by atoms with Gasteiger partial charge in [0, 0.05) is 24.0 Å². The number of hydrogen-bond acceptors (Lipinski definition) is 4. The Labute approximate surface area is 148 Å². The molecule has 4 nitrogen and oxygen atoms in total. The van der Waals surface area contributed by atoms with Gasteiger partial charge in [0.05, 0.1) is 19.3 Å². The Hall–Kier alpha value is -0.160. The van der Waals surface area contributed by atoms with E-state index in [0.717, 1.165) is 19.6 Å². The summed E-state index contributed by atoms with van der Waals surface area (Å²) in [4.78, 5) is 5.00. The minimum absolute atomic E-state index is 0.00765. The van der Waals surface area contributed by atoms with Crippen molar-refractivity contribution in [2.24, 2.45) is 10.8 Å². The van der Waals surface area contributed by atoms with Gasteiger partial charge in [0.15, 0.2) is 6.29 Å². The summed E-state index contributed by atoms with van der Waals surface area (Å²) < 4.78 is 12.1. The van der Waals surface area contributed by atoms with Crippen molar-refractivity contribution in [3.8, 4) is 0 Å². The quantitative estimate of drug-likeness (QED) is 0.788. The minimum Gasteiger partial charge on any atom is -0.351 e. The van der Waals surface area contributed by atoms with Crippen molar-refractivity contribution >= 4 is 0 Å². The van der Waals surface area contributed by atoms with Gasteiger partial charge in [0.25, 0.3) is 0 Å². The fourth-order valence-corrected chi connectivity index (χ4v) is 4.88. The molecule has 2 heterocycles. The van der Waals surface area contributed by atoms with E-state index in [2.05, 4.69) is 65.4 Å². The zero-order valence-corrected chi connectivity index (χ0v) is 17.1. The molecule has 1 saturated carbocycles. The first kappa shape index (κ1) is 18.6. The van der Waals surface area contributed by atoms with Crippen LogP contribution in [0, 0.1) is 10.8 Å². The lowest BCUT2D eigenvalue weighted by Crippen LogP contribution is -2.51. The molecular weight excluding hydrogens is 300 g/mol. The highest BCUT2D eigenvalue weighted by molar-refractivity contribution is 5.20. The molecule has 1 aliphatic carbocycles. The normalized spacial score (nSPS) is 40.9. The van der Waals surface area contributed by atoms with Crippen molar-refractivity contribution in [2.45, 2.75) is 90.8 Å². The van der Waals surface area contributed by atoms with E-state index in [1.807, 2.05) is 0 Å². The third-order valence-corrected chi connectivity index (χ3v) is 6.44. The lowest BCUT2D eigenvalue weighted by atomic mass is 9.79. The first-order valence-electron chi connectivity index (χ1n) is 9.62. The molecule has 2 saturated heterocycles. The van der Waals surface area contributed by atoms with Crippen LogP contribution in [0.4, 0.5) is 0 Å². The van der Waals surface area contributed by atoms with Crippen molar-refractivity contribution in [3.63, 3.8) is 0 Å². The van der Waals surface area contributed by atoms with E-state index >= 15 is 0 Å². The van der Waals surface area contributed by atoms with Gasteiger partial charge in [0.2, 0.25) is 0 Å². The van der Waals surface area contributed by atoms with E-state index in [4.69, 9.17) is 9.47 Å². The predicted octanol–water partition coefficient (Wildman–Crippen LogP) is 3.36. The molecular formula is C20H38N2O2. The largest absolute Gasteiger partial charge is 0.351 e. The number of hydrogen-bond donors (Lipinski definition) is 0. The van der Waals surface area contributed by atoms with Gasteiger partial charge in [-0.25, -0.2) is 0 Å². The summed E-state index contributed by atoms with van der Waals surface area (Å²) in [7, 11) is 4.19. The van der Waals surface area contributed by atoms with Crippen LogP contribution in [-0.4, -0.2) is 67.1 Å². The molecule has 0 N–H and O–H groups in total. The lowest BCUT2D eigenvalue weighted by molar-refractivity contribution is -0.209. The Morgan fingerprint density at radius 3 is 2.00 bits per heavy atom. The van der Waals surface area contributed by atoms with Crippen LogP contribution in [0.25, 0.3) is 0 Å². The van der Waals surface area contributed by atoms with Crippen molar-refractivity contribution in [3.05, 3.63) is 0 Å². The van der Waals surface area contributed by atoms with Crippen LogP contribution < -0.4 is 0 Å². The van der Waals surface area contributed by atoms with E-state index in [9.17, 15) is 0 Å². The molecule has 0 aromatic carbocycles. The molecule has 3 fully saturated rings. The zero-order valence-electron chi connectivity index (χ0n) is 17.1. The van der Waals surface area contributed by atoms with Crippen LogP contribution in [0.1, 0.15) is 60.8 Å². The number of ether oxygens (including phenoxy) is 2. The molecule has 140 valence electrons. The van der Waals surface area contributed by atoms with Crippen LogP contribution in [0.15, 0.2) is 0 Å². The molecule has 1 unspecified atom stereocenters. The summed E-state index contributed by atoms with van der Waals surface area (Å²) in [6.45, 7) is 15.9. The predicted molar refractivity (Wildman–Crippen MR) is 98.1 cm³/mol. The van der Waals surface area contributed by atoms with Crippen molar-refractivity contribution in [1.29, 1.82) is 0 Å². The highest BCUT2D eigenvalue weighted by atomic mass is 16.7. The topological polar surface area (TPSA) is 24.9 Å². The van der Waals surface area contributed by atoms with Crippen molar-refractivity contribution < 1.29 is 9.47 Å². The summed E-state index contributed by atoms with van der Waals surface area (Å²) in [5, 5.41) is 0. The SMILES string of the molecule is CN(C)C1COC(C[C@]23CC2N(C(C)(C)C)[C@H](C(C)(C)C)C3)OC1. The van der Waals surface area contributed by atoms with Crippen molar-refractivity contribution in [2.75, 3.05) is 27.3 Å². The molecule has 0 amide bonds. The van der Waals surface area contributed by atoms with Gasteiger partial charge >= 0.3 is 0 Å². The van der Waals surface area contributed by atoms with E-state index in [1.54, 1.807) is 0 Å². The second-order valence-electron chi connectivity index (χ2n) is 10.7. The van der Waals surface area contributed by atoms with Gasteiger partial charge in [-0.05, 0) is 58.5 Å². The molecule has 0 radical (unpaired) electrons. The molecule has 4 heteroatoms. The highest BCUT2D eigenvalue weighted by Crippen LogP contribution is 2.66. The summed E-state index contributed by atoms with van der Waals surface area (Å²) in [6, 6.07) is 1.75. The Kier molecular flexibility index (Phi) is 4.61. The van der Waals surface area contributed by atoms with Gasteiger partial charge in [-0.2, -0.15) is 0 Å². The molecule has 0 spiro atoms. The third-order valence-electron chi connectivity index (χ3n) is 6.44. The van der Waals surface area contributed by atoms with Crippen LogP contribution >= 0.6 is 0 Å². The van der Waals surface area contributed by atoms with E-state index in [0.29, 0.717) is 29.0 Å². The summed E-state index contributed by atoms with van der Waals surface area (Å²) in [6.07, 6.45) is 3.67. The maximum Gasteiger partial charge on any atom is 0.158 e. The Bertz CT molecular complexity index is 457. The van der Waals surface area contributed by atoms with E-state index in [-0.39, 0.29) is 11.8 Å². The number of likely N-dealkylation sites (N-methyl/N-ethyl adjacent to an activating group) is 1. The molecule has 3 aliphatic rings. The lowest BCUT2D eigenvalue weighted by Gasteiger charge is -2.45. The minimum atomic E-state index is -0.00765. The average Bonchev–Trinajstić information content (AvgIpc) is 2.99. The van der Waals surface area contributed by atoms with Crippen LogP contribution in [0.5, 0.6) is 0 Å². The third kappa shape index (κ3) is 3.40. The second kappa shape index (κ2) is 5.94. The number of likely N-dealkylation sites (tertiary alicyclic amines) is 1. The molecule has 3 atom stereocenters. The fourth-order valence-electron chi connectivity index (χ4n) is 4.88. The number of rotatable bonds is 3. The summed E-state index contributed by atoms with van der Waals surface area (Å²) >= 11 is 0. The summed E-state index contributed by atoms with van der Waals surface area (Å²) in [5.41, 5.74) is 0.962. The van der Waals surface area contributed by atoms with Gasteiger partial charge in [-0.15, -0.1) is 0 Å². The highest BCUT2D eigenvalue weighted by Gasteiger charge is 2.68. The Morgan fingerprint density at radius 2 is 1.58 bits per heavy atom. The van der Waals surface area contributed by atoms with E-state index in [1.165, 1.54) is 12.8 Å². The van der Waals surface area contributed by atoms with Gasteiger partial charge in [-0.3, -0.25) is 4.90 Å². The van der Waals surface area contributed by atoms with Crippen LogP contribution in [0.3, 0.4) is 0 Å². The fraction of sp³-hybridized carbons (Fsp3) is 1.00. The smallest absolute Gasteiger partial charge is 0.158 e. The standard InChI is InChI=1S/C20H38N2O2/c1-18(2,3)15-9-20(10-16(20)22(15)19(4,5)6)11-17-23-12-14(13-24-17)21(7)8/h14-17H,9-13H2,1-8H3/t14?,15-,16?,17?,20-/m0/s1. The molecule has 24 heavy (non-hydrogen) atoms. The number of piperidine rings is 1. The van der Waals surface area contributed by atoms with Crippen molar-refractivity contribution in [1.82, 2.24) is 9.80 Å².